The first kappa shape index (κ1) is 20.1. The van der Waals surface area contributed by atoms with Crippen molar-refractivity contribution in [1.29, 1.82) is 0 Å². The predicted molar refractivity (Wildman–Crippen MR) is 99.4 cm³/mol. The Morgan fingerprint density at radius 2 is 1.96 bits per heavy atom. The molecule has 2 rings (SSSR count). The molecule has 7 nitrogen and oxygen atoms in total. The second-order valence-corrected chi connectivity index (χ2v) is 6.06. The summed E-state index contributed by atoms with van der Waals surface area (Å²) in [7, 11) is 0. The number of ether oxygens (including phenoxy) is 3. The van der Waals surface area contributed by atoms with Crippen molar-refractivity contribution < 1.29 is 14.2 Å². The van der Waals surface area contributed by atoms with E-state index < -0.39 is 11.9 Å². The zero-order valence-corrected chi connectivity index (χ0v) is 15.1. The molecule has 2 heterocycles. The average Bonchev–Trinajstić information content (AvgIpc) is 3.03. The summed E-state index contributed by atoms with van der Waals surface area (Å²) in [6.45, 7) is 13.8. The molecule has 0 amide bonds. The van der Waals surface area contributed by atoms with Gasteiger partial charge in [-0.15, -0.1) is 19.7 Å². The third-order valence-electron chi connectivity index (χ3n) is 4.12. The molecule has 0 aromatic carbocycles. The minimum absolute atomic E-state index is 0.147. The summed E-state index contributed by atoms with van der Waals surface area (Å²) in [5, 5.41) is 0. The van der Waals surface area contributed by atoms with E-state index in [1.807, 2.05) is 0 Å². The van der Waals surface area contributed by atoms with Gasteiger partial charge in [0.15, 0.2) is 0 Å². The molecule has 0 radical (unpaired) electrons. The Morgan fingerprint density at radius 1 is 1.23 bits per heavy atom. The standard InChI is InChI=1S/C19H26N2O5/c1-5-8-20-18(22)14(4)12-21(19(20)23)17-11-15(25-10-7-3)16(26-17)13-24-9-6-2/h5-7,12,15-17H,1-3,8-11,13H2,4H3/t15-,16+,17+/m0/s1. The van der Waals surface area contributed by atoms with Crippen molar-refractivity contribution >= 4 is 0 Å². The Labute approximate surface area is 152 Å². The molecular formula is C19H26N2O5. The summed E-state index contributed by atoms with van der Waals surface area (Å²) in [6.07, 6.45) is 5.74. The van der Waals surface area contributed by atoms with E-state index in [1.165, 1.54) is 16.8 Å². The zero-order chi connectivity index (χ0) is 19.1. The number of nitrogens with zero attached hydrogens (tertiary/aromatic N) is 2. The monoisotopic (exact) mass is 362 g/mol. The average molecular weight is 362 g/mol. The van der Waals surface area contributed by atoms with Crippen LogP contribution in [0.1, 0.15) is 18.2 Å². The van der Waals surface area contributed by atoms with Crippen LogP contribution in [0.3, 0.4) is 0 Å². The Morgan fingerprint density at radius 3 is 2.62 bits per heavy atom. The molecular weight excluding hydrogens is 336 g/mol. The van der Waals surface area contributed by atoms with Gasteiger partial charge in [0, 0.05) is 24.7 Å². The fourth-order valence-corrected chi connectivity index (χ4v) is 2.91. The molecule has 0 spiro atoms. The maximum atomic E-state index is 12.7. The van der Waals surface area contributed by atoms with Crippen LogP contribution in [0, 0.1) is 6.92 Å². The van der Waals surface area contributed by atoms with E-state index in [0.29, 0.717) is 31.8 Å². The second-order valence-electron chi connectivity index (χ2n) is 6.06. The molecule has 142 valence electrons. The van der Waals surface area contributed by atoms with Gasteiger partial charge in [-0.25, -0.2) is 4.79 Å². The van der Waals surface area contributed by atoms with E-state index in [1.54, 1.807) is 19.1 Å². The van der Waals surface area contributed by atoms with E-state index in [-0.39, 0.29) is 24.3 Å². The minimum atomic E-state index is -0.537. The molecule has 0 N–H and O–H groups in total. The van der Waals surface area contributed by atoms with Crippen LogP contribution in [0.25, 0.3) is 0 Å². The normalized spacial score (nSPS) is 22.3. The molecule has 0 unspecified atom stereocenters. The van der Waals surface area contributed by atoms with Crippen molar-refractivity contribution in [3.63, 3.8) is 0 Å². The zero-order valence-electron chi connectivity index (χ0n) is 15.1. The molecule has 1 aromatic heterocycles. The van der Waals surface area contributed by atoms with Gasteiger partial charge >= 0.3 is 5.69 Å². The van der Waals surface area contributed by atoms with Crippen molar-refractivity contribution in [2.24, 2.45) is 0 Å². The highest BCUT2D eigenvalue weighted by atomic mass is 16.6. The maximum absolute atomic E-state index is 12.7. The number of allylic oxidation sites excluding steroid dienone is 1. The highest BCUT2D eigenvalue weighted by Crippen LogP contribution is 2.30. The first-order chi connectivity index (χ1) is 12.5. The van der Waals surface area contributed by atoms with Gasteiger partial charge in [0.05, 0.1) is 25.9 Å². The number of hydrogen-bond acceptors (Lipinski definition) is 5. The maximum Gasteiger partial charge on any atom is 0.333 e. The predicted octanol–water partition coefficient (Wildman–Crippen LogP) is 1.57. The summed E-state index contributed by atoms with van der Waals surface area (Å²) in [6, 6.07) is 0. The quantitative estimate of drug-likeness (QED) is 0.467. The summed E-state index contributed by atoms with van der Waals surface area (Å²) < 4.78 is 19.9. The molecule has 1 fully saturated rings. The van der Waals surface area contributed by atoms with Gasteiger partial charge in [0.2, 0.25) is 0 Å². The second kappa shape index (κ2) is 9.47. The fraction of sp³-hybridized carbons (Fsp3) is 0.474. The molecule has 1 saturated heterocycles. The highest BCUT2D eigenvalue weighted by molar-refractivity contribution is 5.04. The molecule has 0 bridgehead atoms. The van der Waals surface area contributed by atoms with E-state index >= 15 is 0 Å². The summed E-state index contributed by atoms with van der Waals surface area (Å²) in [5.74, 6) is 0. The van der Waals surface area contributed by atoms with Gasteiger partial charge < -0.3 is 14.2 Å². The van der Waals surface area contributed by atoms with Crippen molar-refractivity contribution in [1.82, 2.24) is 9.13 Å². The van der Waals surface area contributed by atoms with Crippen LogP contribution in [-0.2, 0) is 20.8 Å². The number of rotatable bonds is 10. The van der Waals surface area contributed by atoms with Crippen LogP contribution < -0.4 is 11.2 Å². The molecule has 0 aliphatic carbocycles. The molecule has 0 saturated carbocycles. The van der Waals surface area contributed by atoms with Gasteiger partial charge in [0.1, 0.15) is 12.3 Å². The van der Waals surface area contributed by atoms with E-state index in [0.717, 1.165) is 4.57 Å². The lowest BCUT2D eigenvalue weighted by atomic mass is 10.2. The molecule has 1 aliphatic heterocycles. The third kappa shape index (κ3) is 4.49. The van der Waals surface area contributed by atoms with E-state index in [4.69, 9.17) is 14.2 Å². The lowest BCUT2D eigenvalue weighted by Crippen LogP contribution is -2.41. The van der Waals surface area contributed by atoms with Crippen molar-refractivity contribution in [2.45, 2.75) is 38.3 Å². The summed E-state index contributed by atoms with van der Waals surface area (Å²) in [4.78, 5) is 24.9. The van der Waals surface area contributed by atoms with Gasteiger partial charge in [-0.1, -0.05) is 18.2 Å². The largest absolute Gasteiger partial charge is 0.375 e. The van der Waals surface area contributed by atoms with E-state index in [9.17, 15) is 9.59 Å². The van der Waals surface area contributed by atoms with Crippen molar-refractivity contribution in [3.05, 3.63) is 70.6 Å². The van der Waals surface area contributed by atoms with Crippen LogP contribution in [0.15, 0.2) is 53.8 Å². The first-order valence-electron chi connectivity index (χ1n) is 8.53. The van der Waals surface area contributed by atoms with E-state index in [2.05, 4.69) is 19.7 Å². The highest BCUT2D eigenvalue weighted by Gasteiger charge is 2.37. The van der Waals surface area contributed by atoms with Crippen molar-refractivity contribution in [2.75, 3.05) is 19.8 Å². The molecule has 26 heavy (non-hydrogen) atoms. The van der Waals surface area contributed by atoms with Gasteiger partial charge in [0.25, 0.3) is 5.56 Å². The van der Waals surface area contributed by atoms with Gasteiger partial charge in [-0.2, -0.15) is 0 Å². The molecule has 7 heteroatoms. The first-order valence-corrected chi connectivity index (χ1v) is 8.53. The lowest BCUT2D eigenvalue weighted by molar-refractivity contribution is -0.0707. The number of aryl methyl sites for hydroxylation is 1. The molecule has 1 aliphatic rings. The van der Waals surface area contributed by atoms with Crippen LogP contribution in [0.2, 0.25) is 0 Å². The van der Waals surface area contributed by atoms with Crippen LogP contribution >= 0.6 is 0 Å². The van der Waals surface area contributed by atoms with Crippen LogP contribution in [0.4, 0.5) is 0 Å². The van der Waals surface area contributed by atoms with Crippen LogP contribution in [0.5, 0.6) is 0 Å². The Kier molecular flexibility index (Phi) is 7.32. The summed E-state index contributed by atoms with van der Waals surface area (Å²) in [5.41, 5.74) is -0.292. The van der Waals surface area contributed by atoms with Crippen molar-refractivity contribution in [3.8, 4) is 0 Å². The molecule has 3 atom stereocenters. The Hall–Kier alpha value is -2.22. The van der Waals surface area contributed by atoms with Gasteiger partial charge in [-0.3, -0.25) is 13.9 Å². The van der Waals surface area contributed by atoms with Crippen LogP contribution in [-0.4, -0.2) is 41.2 Å². The lowest BCUT2D eigenvalue weighted by Gasteiger charge is -2.18. The molecule has 1 aromatic rings. The fourth-order valence-electron chi connectivity index (χ4n) is 2.91. The Bertz CT molecular complexity index is 764. The topological polar surface area (TPSA) is 71.7 Å². The minimum Gasteiger partial charge on any atom is -0.375 e. The number of aromatic nitrogens is 2. The SMILES string of the molecule is C=CCOC[C@H]1O[C@@H](n2cc(C)c(=O)n(CC=C)c2=O)C[C@@H]1OCC=C. The smallest absolute Gasteiger partial charge is 0.333 e. The van der Waals surface area contributed by atoms with Gasteiger partial charge in [-0.05, 0) is 6.92 Å². The third-order valence-corrected chi connectivity index (χ3v) is 4.12. The summed E-state index contributed by atoms with van der Waals surface area (Å²) >= 11 is 0. The Balaban J connectivity index is 2.29. The number of hydrogen-bond donors (Lipinski definition) is 0.